The van der Waals surface area contributed by atoms with E-state index < -0.39 is 31.0 Å². The number of hydrogen-bond acceptors (Lipinski definition) is 6. The van der Waals surface area contributed by atoms with Gasteiger partial charge < -0.3 is 30.3 Å². The number of hydrogen-bond donors (Lipinski definition) is 5. The summed E-state index contributed by atoms with van der Waals surface area (Å²) in [5.74, 6) is 2.45. The van der Waals surface area contributed by atoms with E-state index in [-0.39, 0.29) is 6.61 Å². The molecule has 0 spiro atoms. The summed E-state index contributed by atoms with van der Waals surface area (Å²) in [7, 11) is 0. The third-order valence-corrected chi connectivity index (χ3v) is 6.51. The molecule has 0 saturated carbocycles. The summed E-state index contributed by atoms with van der Waals surface area (Å²) in [4.78, 5) is 0. The molecule has 0 aromatic heterocycles. The van der Waals surface area contributed by atoms with Crippen LogP contribution >= 0.6 is 0 Å². The summed E-state index contributed by atoms with van der Waals surface area (Å²) in [6.07, 6.45) is 8.52. The topological polar surface area (TPSA) is 110 Å². The first-order chi connectivity index (χ1) is 15.6. The highest BCUT2D eigenvalue weighted by molar-refractivity contribution is 4.97. The summed E-state index contributed by atoms with van der Waals surface area (Å²) in [5.41, 5.74) is 1.34. The fourth-order valence-electron chi connectivity index (χ4n) is 4.06. The van der Waals surface area contributed by atoms with Crippen LogP contribution in [0.2, 0.25) is 0 Å². The molecule has 5 N–H and O–H groups in total. The molecule has 0 aliphatic rings. The predicted molar refractivity (Wildman–Crippen MR) is 135 cm³/mol. The molecule has 6 heteroatoms. The van der Waals surface area contributed by atoms with Crippen molar-refractivity contribution in [3.63, 3.8) is 0 Å². The normalized spacial score (nSPS) is 18.2. The Labute approximate surface area is 203 Å². The Morgan fingerprint density at radius 1 is 0.758 bits per heavy atom. The number of ether oxygens (including phenoxy) is 1. The molecule has 198 valence electrons. The van der Waals surface area contributed by atoms with Crippen LogP contribution < -0.4 is 0 Å². The minimum absolute atomic E-state index is 0.142. The molecule has 0 aliphatic heterocycles. The standard InChI is InChI=1S/C27H54O6/c1-20(2)10-6-11-21(3)12-7-13-22(4)14-8-15-23(5)16-9-17-33-19-25(30)27(32)26(31)24(29)18-28/h16,20-22,24-32H,6-15,17-19H2,1-5H3/b23-16+/t21?,22?,24-,25-,26-,27-/m0/s1. The third-order valence-electron chi connectivity index (χ3n) is 6.51. The van der Waals surface area contributed by atoms with Gasteiger partial charge in [-0.15, -0.1) is 0 Å². The van der Waals surface area contributed by atoms with Gasteiger partial charge in [-0.2, -0.15) is 0 Å². The van der Waals surface area contributed by atoms with Crippen molar-refractivity contribution in [2.75, 3.05) is 19.8 Å². The van der Waals surface area contributed by atoms with Gasteiger partial charge in [0.2, 0.25) is 0 Å². The molecule has 0 fully saturated rings. The van der Waals surface area contributed by atoms with Gasteiger partial charge >= 0.3 is 0 Å². The maximum atomic E-state index is 9.82. The lowest BCUT2D eigenvalue weighted by Gasteiger charge is -2.25. The van der Waals surface area contributed by atoms with E-state index in [1.165, 1.54) is 56.9 Å². The zero-order valence-electron chi connectivity index (χ0n) is 22.0. The Bertz CT molecular complexity index is 481. The summed E-state index contributed by atoms with van der Waals surface area (Å²) in [6, 6.07) is 0. The Balaban J connectivity index is 3.82. The minimum Gasteiger partial charge on any atom is -0.394 e. The average molecular weight is 475 g/mol. The van der Waals surface area contributed by atoms with Crippen molar-refractivity contribution in [1.29, 1.82) is 0 Å². The molecular weight excluding hydrogens is 420 g/mol. The van der Waals surface area contributed by atoms with E-state index in [9.17, 15) is 20.4 Å². The van der Waals surface area contributed by atoms with Crippen molar-refractivity contribution in [3.05, 3.63) is 11.6 Å². The van der Waals surface area contributed by atoms with Gasteiger partial charge in [0.15, 0.2) is 0 Å². The second kappa shape index (κ2) is 19.8. The predicted octanol–water partition coefficient (Wildman–Crippen LogP) is 4.21. The zero-order valence-corrected chi connectivity index (χ0v) is 22.0. The second-order valence-electron chi connectivity index (χ2n) is 10.6. The molecule has 0 saturated heterocycles. The Morgan fingerprint density at radius 3 is 1.82 bits per heavy atom. The lowest BCUT2D eigenvalue weighted by molar-refractivity contribution is -0.128. The van der Waals surface area contributed by atoms with Gasteiger partial charge in [0, 0.05) is 0 Å². The summed E-state index contributed by atoms with van der Waals surface area (Å²) in [6.45, 7) is 11.1. The van der Waals surface area contributed by atoms with Crippen molar-refractivity contribution in [1.82, 2.24) is 0 Å². The van der Waals surface area contributed by atoms with Crippen molar-refractivity contribution in [3.8, 4) is 0 Å². The Kier molecular flexibility index (Phi) is 19.5. The molecule has 0 heterocycles. The molecule has 33 heavy (non-hydrogen) atoms. The first-order valence-electron chi connectivity index (χ1n) is 13.1. The van der Waals surface area contributed by atoms with Gasteiger partial charge in [0.1, 0.15) is 24.4 Å². The van der Waals surface area contributed by atoms with Crippen LogP contribution in [0.15, 0.2) is 11.6 Å². The van der Waals surface area contributed by atoms with Gasteiger partial charge in [-0.05, 0) is 43.9 Å². The molecule has 0 radical (unpaired) electrons. The first kappa shape index (κ1) is 32.5. The largest absolute Gasteiger partial charge is 0.394 e. The van der Waals surface area contributed by atoms with Crippen LogP contribution in [0.3, 0.4) is 0 Å². The highest BCUT2D eigenvalue weighted by Gasteiger charge is 2.29. The Morgan fingerprint density at radius 2 is 1.27 bits per heavy atom. The van der Waals surface area contributed by atoms with Crippen molar-refractivity contribution < 1.29 is 30.3 Å². The van der Waals surface area contributed by atoms with Crippen LogP contribution in [-0.2, 0) is 4.74 Å². The van der Waals surface area contributed by atoms with E-state index in [1.807, 2.05) is 0 Å². The highest BCUT2D eigenvalue weighted by Crippen LogP contribution is 2.22. The average Bonchev–Trinajstić information content (AvgIpc) is 2.76. The highest BCUT2D eigenvalue weighted by atomic mass is 16.5. The van der Waals surface area contributed by atoms with Gasteiger partial charge in [0.25, 0.3) is 0 Å². The molecular formula is C27H54O6. The molecule has 0 aromatic rings. The maximum Gasteiger partial charge on any atom is 0.111 e. The van der Waals surface area contributed by atoms with E-state index in [4.69, 9.17) is 9.84 Å². The summed E-state index contributed by atoms with van der Waals surface area (Å²) < 4.78 is 5.36. The quantitative estimate of drug-likeness (QED) is 0.126. The molecule has 0 aromatic carbocycles. The fourth-order valence-corrected chi connectivity index (χ4v) is 4.06. The summed E-state index contributed by atoms with van der Waals surface area (Å²) in [5, 5.41) is 47.2. The van der Waals surface area contributed by atoms with Gasteiger partial charge in [-0.3, -0.25) is 0 Å². The SMILES string of the molecule is C/C(=C\CCOC[C@H](O)[C@H](O)[C@@H](O)[C@@H](O)CO)CCCC(C)CCCC(C)CCCC(C)C. The van der Waals surface area contributed by atoms with Crippen molar-refractivity contribution in [2.45, 2.75) is 123 Å². The number of aliphatic hydroxyl groups is 5. The number of aliphatic hydroxyl groups excluding tert-OH is 5. The molecule has 0 bridgehead atoms. The van der Waals surface area contributed by atoms with Crippen LogP contribution in [0.25, 0.3) is 0 Å². The molecule has 6 atom stereocenters. The molecule has 0 aliphatic carbocycles. The second-order valence-corrected chi connectivity index (χ2v) is 10.6. The van der Waals surface area contributed by atoms with Crippen LogP contribution in [0.1, 0.15) is 98.8 Å². The molecule has 2 unspecified atom stereocenters. The zero-order chi connectivity index (χ0) is 25.2. The van der Waals surface area contributed by atoms with Crippen LogP contribution in [0.4, 0.5) is 0 Å². The monoisotopic (exact) mass is 474 g/mol. The van der Waals surface area contributed by atoms with Crippen molar-refractivity contribution in [2.24, 2.45) is 17.8 Å². The smallest absolute Gasteiger partial charge is 0.111 e. The molecule has 6 nitrogen and oxygen atoms in total. The third kappa shape index (κ3) is 17.6. The van der Waals surface area contributed by atoms with Crippen molar-refractivity contribution >= 4 is 0 Å². The van der Waals surface area contributed by atoms with Crippen LogP contribution in [-0.4, -0.2) is 69.8 Å². The number of allylic oxidation sites excluding steroid dienone is 1. The lowest BCUT2D eigenvalue weighted by Crippen LogP contribution is -2.47. The van der Waals surface area contributed by atoms with Gasteiger partial charge in [-0.25, -0.2) is 0 Å². The van der Waals surface area contributed by atoms with E-state index in [0.717, 1.165) is 30.6 Å². The fraction of sp³-hybridized carbons (Fsp3) is 0.926. The van der Waals surface area contributed by atoms with Gasteiger partial charge in [-0.1, -0.05) is 84.3 Å². The number of rotatable bonds is 21. The van der Waals surface area contributed by atoms with Crippen LogP contribution in [0, 0.1) is 17.8 Å². The van der Waals surface area contributed by atoms with E-state index in [1.54, 1.807) is 0 Å². The molecule has 0 amide bonds. The lowest BCUT2D eigenvalue weighted by atomic mass is 9.91. The first-order valence-corrected chi connectivity index (χ1v) is 13.1. The van der Waals surface area contributed by atoms with Crippen LogP contribution in [0.5, 0.6) is 0 Å². The van der Waals surface area contributed by atoms with Gasteiger partial charge in [0.05, 0.1) is 19.8 Å². The Hall–Kier alpha value is -0.500. The van der Waals surface area contributed by atoms with E-state index >= 15 is 0 Å². The van der Waals surface area contributed by atoms with E-state index in [0.29, 0.717) is 6.61 Å². The summed E-state index contributed by atoms with van der Waals surface area (Å²) >= 11 is 0. The van der Waals surface area contributed by atoms with E-state index in [2.05, 4.69) is 40.7 Å². The maximum absolute atomic E-state index is 9.82. The molecule has 0 rings (SSSR count). The minimum atomic E-state index is -1.61.